The van der Waals surface area contributed by atoms with Crippen molar-refractivity contribution in [1.82, 2.24) is 30.1 Å². The zero-order valence-electron chi connectivity index (χ0n) is 13.1. The lowest BCUT2D eigenvalue weighted by molar-refractivity contribution is 0.503. The number of hydrogen-bond acceptors (Lipinski definition) is 8. The van der Waals surface area contributed by atoms with Gasteiger partial charge in [-0.3, -0.25) is 4.79 Å². The van der Waals surface area contributed by atoms with Crippen LogP contribution in [-0.2, 0) is 12.2 Å². The largest absolute Gasteiger partial charge is 0.449 e. The SMILES string of the molecule is Cc1[nH]cnc1CSCCNc1nc(=O)c(Cc2ncco2)n[nH]1. The molecule has 3 N–H and O–H groups in total. The highest BCUT2D eigenvalue weighted by Crippen LogP contribution is 2.12. The Morgan fingerprint density at radius 3 is 2.96 bits per heavy atom. The molecule has 0 aliphatic carbocycles. The van der Waals surface area contributed by atoms with Crippen LogP contribution < -0.4 is 10.9 Å². The number of rotatable bonds is 8. The van der Waals surface area contributed by atoms with Gasteiger partial charge < -0.3 is 14.7 Å². The zero-order valence-corrected chi connectivity index (χ0v) is 13.9. The van der Waals surface area contributed by atoms with Gasteiger partial charge in [-0.1, -0.05) is 0 Å². The van der Waals surface area contributed by atoms with E-state index < -0.39 is 5.56 Å². The van der Waals surface area contributed by atoms with Gasteiger partial charge in [-0.2, -0.15) is 21.8 Å². The average Bonchev–Trinajstić information content (AvgIpc) is 3.22. The highest BCUT2D eigenvalue weighted by Gasteiger charge is 2.09. The number of aryl methyl sites for hydroxylation is 1. The molecule has 0 atom stereocenters. The first-order chi connectivity index (χ1) is 11.7. The van der Waals surface area contributed by atoms with Crippen molar-refractivity contribution in [2.24, 2.45) is 0 Å². The molecule has 0 aromatic carbocycles. The Morgan fingerprint density at radius 2 is 2.25 bits per heavy atom. The van der Waals surface area contributed by atoms with E-state index >= 15 is 0 Å². The fraction of sp³-hybridized carbons (Fsp3) is 0.357. The van der Waals surface area contributed by atoms with E-state index in [-0.39, 0.29) is 12.1 Å². The molecule has 0 bridgehead atoms. The standard InChI is InChI=1S/C14H17N7O2S/c1-9-11(18-8-17-9)7-24-5-3-16-14-19-13(22)10(20-21-14)6-12-15-2-4-23-12/h2,4,8H,3,5-7H2,1H3,(H,17,18)(H2,16,19,21,22). The van der Waals surface area contributed by atoms with E-state index in [9.17, 15) is 4.79 Å². The summed E-state index contributed by atoms with van der Waals surface area (Å²) in [4.78, 5) is 27.1. The van der Waals surface area contributed by atoms with E-state index in [4.69, 9.17) is 4.42 Å². The molecule has 3 heterocycles. The summed E-state index contributed by atoms with van der Waals surface area (Å²) in [5.41, 5.74) is 2.03. The first kappa shape index (κ1) is 16.2. The van der Waals surface area contributed by atoms with Gasteiger partial charge in [0.25, 0.3) is 5.56 Å². The second kappa shape index (κ2) is 7.77. The molecule has 0 amide bonds. The Balaban J connectivity index is 1.45. The van der Waals surface area contributed by atoms with Crippen LogP contribution in [-0.4, -0.2) is 42.4 Å². The molecule has 3 rings (SSSR count). The number of aromatic amines is 2. The number of H-pyrrole nitrogens is 2. The Labute approximate surface area is 141 Å². The van der Waals surface area contributed by atoms with Gasteiger partial charge in [-0.05, 0) is 6.92 Å². The van der Waals surface area contributed by atoms with E-state index in [0.717, 1.165) is 22.9 Å². The number of nitrogens with one attached hydrogen (secondary N) is 3. The van der Waals surface area contributed by atoms with Gasteiger partial charge in [0, 0.05) is 23.7 Å². The van der Waals surface area contributed by atoms with Crippen molar-refractivity contribution in [2.45, 2.75) is 19.1 Å². The third kappa shape index (κ3) is 4.22. The van der Waals surface area contributed by atoms with E-state index in [1.165, 1.54) is 12.5 Å². The van der Waals surface area contributed by atoms with Crippen LogP contribution in [0.2, 0.25) is 0 Å². The number of imidazole rings is 1. The molecule has 9 nitrogen and oxygen atoms in total. The van der Waals surface area contributed by atoms with Crippen LogP contribution in [0, 0.1) is 6.92 Å². The lowest BCUT2D eigenvalue weighted by atomic mass is 10.3. The molecule has 3 aromatic rings. The minimum Gasteiger partial charge on any atom is -0.449 e. The predicted molar refractivity (Wildman–Crippen MR) is 89.9 cm³/mol. The third-order valence-electron chi connectivity index (χ3n) is 3.27. The molecule has 0 saturated carbocycles. The van der Waals surface area contributed by atoms with Crippen molar-refractivity contribution in [3.8, 4) is 0 Å². The molecule has 126 valence electrons. The van der Waals surface area contributed by atoms with Crippen LogP contribution in [0.3, 0.4) is 0 Å². The Morgan fingerprint density at radius 1 is 1.33 bits per heavy atom. The molecule has 0 spiro atoms. The molecule has 0 aliphatic heterocycles. The van der Waals surface area contributed by atoms with Crippen molar-refractivity contribution in [3.05, 3.63) is 52.1 Å². The van der Waals surface area contributed by atoms with E-state index in [1.807, 2.05) is 6.92 Å². The number of thioether (sulfide) groups is 1. The topological polar surface area (TPSA) is 125 Å². The molecule has 0 radical (unpaired) electrons. The third-order valence-corrected chi connectivity index (χ3v) is 4.24. The Bertz CT molecular complexity index is 828. The van der Waals surface area contributed by atoms with Gasteiger partial charge >= 0.3 is 0 Å². The van der Waals surface area contributed by atoms with Crippen LogP contribution in [0.4, 0.5) is 5.95 Å². The van der Waals surface area contributed by atoms with Crippen molar-refractivity contribution in [1.29, 1.82) is 0 Å². The smallest absolute Gasteiger partial charge is 0.296 e. The summed E-state index contributed by atoms with van der Waals surface area (Å²) in [6.45, 7) is 2.67. The summed E-state index contributed by atoms with van der Waals surface area (Å²) < 4.78 is 5.10. The van der Waals surface area contributed by atoms with Crippen LogP contribution >= 0.6 is 11.8 Å². The number of hydrogen-bond donors (Lipinski definition) is 3. The zero-order chi connectivity index (χ0) is 16.8. The first-order valence-corrected chi connectivity index (χ1v) is 8.52. The van der Waals surface area contributed by atoms with Crippen LogP contribution in [0.5, 0.6) is 0 Å². The number of aromatic nitrogens is 6. The summed E-state index contributed by atoms with van der Waals surface area (Å²) in [7, 11) is 0. The van der Waals surface area contributed by atoms with Crippen molar-refractivity contribution < 1.29 is 4.42 Å². The summed E-state index contributed by atoms with van der Waals surface area (Å²) >= 11 is 1.75. The fourth-order valence-electron chi connectivity index (χ4n) is 1.98. The second-order valence-electron chi connectivity index (χ2n) is 4.99. The Hall–Kier alpha value is -2.62. The van der Waals surface area contributed by atoms with Crippen molar-refractivity contribution in [3.63, 3.8) is 0 Å². The molecule has 24 heavy (non-hydrogen) atoms. The highest BCUT2D eigenvalue weighted by molar-refractivity contribution is 7.98. The summed E-state index contributed by atoms with van der Waals surface area (Å²) in [5.74, 6) is 2.48. The fourth-order valence-corrected chi connectivity index (χ4v) is 2.86. The molecule has 0 fully saturated rings. The van der Waals surface area contributed by atoms with Crippen molar-refractivity contribution >= 4 is 17.7 Å². The molecule has 0 saturated heterocycles. The van der Waals surface area contributed by atoms with E-state index in [1.54, 1.807) is 18.1 Å². The van der Waals surface area contributed by atoms with Crippen LogP contribution in [0.15, 0.2) is 28.0 Å². The molecule has 0 aliphatic rings. The van der Waals surface area contributed by atoms with Gasteiger partial charge in [0.05, 0.1) is 24.6 Å². The van der Waals surface area contributed by atoms with Crippen LogP contribution in [0.1, 0.15) is 23.0 Å². The maximum absolute atomic E-state index is 11.9. The second-order valence-corrected chi connectivity index (χ2v) is 6.10. The first-order valence-electron chi connectivity index (χ1n) is 7.37. The minimum atomic E-state index is -0.394. The van der Waals surface area contributed by atoms with Gasteiger partial charge in [-0.25, -0.2) is 15.1 Å². The molecule has 0 unspecified atom stereocenters. The average molecular weight is 347 g/mol. The van der Waals surface area contributed by atoms with E-state index in [0.29, 0.717) is 18.4 Å². The number of nitrogens with zero attached hydrogens (tertiary/aromatic N) is 4. The van der Waals surface area contributed by atoms with E-state index in [2.05, 4.69) is 35.5 Å². The number of oxazole rings is 1. The summed E-state index contributed by atoms with van der Waals surface area (Å²) in [6.07, 6.45) is 4.89. The maximum atomic E-state index is 11.9. The summed E-state index contributed by atoms with van der Waals surface area (Å²) in [6, 6.07) is 0. The monoisotopic (exact) mass is 347 g/mol. The molecular weight excluding hydrogens is 330 g/mol. The predicted octanol–water partition coefficient (Wildman–Crippen LogP) is 1.12. The van der Waals surface area contributed by atoms with Gasteiger partial charge in [0.2, 0.25) is 5.95 Å². The van der Waals surface area contributed by atoms with Crippen LogP contribution in [0.25, 0.3) is 0 Å². The normalized spacial score (nSPS) is 10.9. The molecule has 10 heteroatoms. The highest BCUT2D eigenvalue weighted by atomic mass is 32.2. The van der Waals surface area contributed by atoms with Gasteiger partial charge in [0.1, 0.15) is 12.0 Å². The Kier molecular flexibility index (Phi) is 5.26. The lowest BCUT2D eigenvalue weighted by Gasteiger charge is -2.05. The molecule has 3 aromatic heterocycles. The molecular formula is C14H17N7O2S. The summed E-state index contributed by atoms with van der Waals surface area (Å²) in [5, 5.41) is 9.81. The lowest BCUT2D eigenvalue weighted by Crippen LogP contribution is -2.20. The number of anilines is 1. The van der Waals surface area contributed by atoms with Gasteiger partial charge in [-0.15, -0.1) is 0 Å². The minimum absolute atomic E-state index is 0.217. The van der Waals surface area contributed by atoms with Crippen molar-refractivity contribution in [2.75, 3.05) is 17.6 Å². The van der Waals surface area contributed by atoms with Gasteiger partial charge in [0.15, 0.2) is 5.89 Å². The maximum Gasteiger partial charge on any atom is 0.296 e. The quantitative estimate of drug-likeness (QED) is 0.518.